The van der Waals surface area contributed by atoms with Gasteiger partial charge in [0.25, 0.3) is 0 Å². The Bertz CT molecular complexity index is 1550. The predicted octanol–water partition coefficient (Wildman–Crippen LogP) is 5.12. The first-order valence-corrected chi connectivity index (χ1v) is 10.0. The van der Waals surface area contributed by atoms with Crippen molar-refractivity contribution in [2.24, 2.45) is 0 Å². The quantitative estimate of drug-likeness (QED) is 0.389. The van der Waals surface area contributed by atoms with Gasteiger partial charge in [-0.2, -0.15) is 0 Å². The largest absolute Gasteiger partial charge is 0.455 e. The molecule has 0 aliphatic carbocycles. The standard InChI is InChI=1S/C26H17BN2O/c27-17-13-14-23-21(15-17)18-10-6-11-20(25(18)30-23)26-28-22-12-5-4-9-19(22)24(29-26)16-7-2-1-3-8-16/h1-15H,27H2. The molecule has 0 radical (unpaired) electrons. The van der Waals surface area contributed by atoms with Crippen LogP contribution in [0.1, 0.15) is 0 Å². The molecule has 140 valence electrons. The zero-order valence-electron chi connectivity index (χ0n) is 16.5. The van der Waals surface area contributed by atoms with Crippen molar-refractivity contribution in [3.05, 3.63) is 91.0 Å². The molecule has 4 heteroatoms. The van der Waals surface area contributed by atoms with Crippen molar-refractivity contribution in [3.63, 3.8) is 0 Å². The van der Waals surface area contributed by atoms with Crippen LogP contribution in [0.2, 0.25) is 0 Å². The summed E-state index contributed by atoms with van der Waals surface area (Å²) in [4.78, 5) is 9.91. The third-order valence-electron chi connectivity index (χ3n) is 5.54. The molecule has 2 aromatic heterocycles. The van der Waals surface area contributed by atoms with Crippen LogP contribution in [0.5, 0.6) is 0 Å². The van der Waals surface area contributed by atoms with Crippen LogP contribution in [0.4, 0.5) is 0 Å². The molecular weight excluding hydrogens is 367 g/mol. The molecule has 0 aliphatic heterocycles. The van der Waals surface area contributed by atoms with Gasteiger partial charge in [0.15, 0.2) is 5.82 Å². The lowest BCUT2D eigenvalue weighted by Crippen LogP contribution is -1.98. The average molecular weight is 384 g/mol. The Morgan fingerprint density at radius 2 is 1.47 bits per heavy atom. The minimum atomic E-state index is 0.675. The summed E-state index contributed by atoms with van der Waals surface area (Å²) < 4.78 is 6.27. The molecule has 0 atom stereocenters. The number of nitrogens with zero attached hydrogens (tertiary/aromatic N) is 2. The Labute approximate surface area is 174 Å². The highest BCUT2D eigenvalue weighted by molar-refractivity contribution is 6.33. The first-order valence-electron chi connectivity index (χ1n) is 10.0. The van der Waals surface area contributed by atoms with E-state index in [1.54, 1.807) is 0 Å². The molecular formula is C26H17BN2O. The van der Waals surface area contributed by atoms with Gasteiger partial charge in [0.05, 0.1) is 16.8 Å². The summed E-state index contributed by atoms with van der Waals surface area (Å²) in [7, 11) is 2.10. The van der Waals surface area contributed by atoms with Gasteiger partial charge in [0.2, 0.25) is 0 Å². The second kappa shape index (κ2) is 6.56. The van der Waals surface area contributed by atoms with Crippen molar-refractivity contribution in [1.29, 1.82) is 0 Å². The fraction of sp³-hybridized carbons (Fsp3) is 0. The average Bonchev–Trinajstić information content (AvgIpc) is 3.17. The van der Waals surface area contributed by atoms with Gasteiger partial charge >= 0.3 is 0 Å². The molecule has 0 bridgehead atoms. The molecule has 30 heavy (non-hydrogen) atoms. The second-order valence-corrected chi connectivity index (χ2v) is 7.56. The molecule has 0 unspecified atom stereocenters. The van der Waals surface area contributed by atoms with Crippen molar-refractivity contribution in [3.8, 4) is 22.6 Å². The number of fused-ring (bicyclic) bond motifs is 4. The Kier molecular flexibility index (Phi) is 3.72. The fourth-order valence-corrected chi connectivity index (χ4v) is 4.10. The van der Waals surface area contributed by atoms with E-state index in [1.807, 2.05) is 48.5 Å². The molecule has 0 aliphatic rings. The molecule has 4 aromatic carbocycles. The van der Waals surface area contributed by atoms with Gasteiger partial charge in [0.1, 0.15) is 19.0 Å². The van der Waals surface area contributed by atoms with E-state index in [0.717, 1.165) is 49.7 Å². The number of hydrogen-bond donors (Lipinski definition) is 0. The van der Waals surface area contributed by atoms with Crippen LogP contribution in [0.3, 0.4) is 0 Å². The molecule has 0 fully saturated rings. The van der Waals surface area contributed by atoms with Gasteiger partial charge in [0, 0.05) is 21.7 Å². The molecule has 6 rings (SSSR count). The Morgan fingerprint density at radius 3 is 2.37 bits per heavy atom. The highest BCUT2D eigenvalue weighted by Gasteiger charge is 2.16. The molecule has 2 heterocycles. The van der Waals surface area contributed by atoms with Gasteiger partial charge in [-0.25, -0.2) is 9.97 Å². The van der Waals surface area contributed by atoms with E-state index in [-0.39, 0.29) is 0 Å². The van der Waals surface area contributed by atoms with Crippen molar-refractivity contribution >= 4 is 46.2 Å². The van der Waals surface area contributed by atoms with Gasteiger partial charge < -0.3 is 4.42 Å². The van der Waals surface area contributed by atoms with Crippen molar-refractivity contribution in [1.82, 2.24) is 9.97 Å². The summed E-state index contributed by atoms with van der Waals surface area (Å²) >= 11 is 0. The van der Waals surface area contributed by atoms with Crippen LogP contribution < -0.4 is 5.46 Å². The summed E-state index contributed by atoms with van der Waals surface area (Å²) in [6, 6.07) is 30.9. The van der Waals surface area contributed by atoms with Crippen LogP contribution in [-0.4, -0.2) is 17.8 Å². The summed E-state index contributed by atoms with van der Waals surface area (Å²) in [5, 5.41) is 3.25. The van der Waals surface area contributed by atoms with Crippen LogP contribution in [0.15, 0.2) is 95.4 Å². The summed E-state index contributed by atoms with van der Waals surface area (Å²) in [5.41, 5.74) is 6.75. The number of aromatic nitrogens is 2. The molecule has 0 spiro atoms. The molecule has 3 nitrogen and oxygen atoms in total. The maximum atomic E-state index is 6.27. The van der Waals surface area contributed by atoms with E-state index in [2.05, 4.69) is 50.3 Å². The Hall–Kier alpha value is -3.92. The molecule has 0 N–H and O–H groups in total. The number of hydrogen-bond acceptors (Lipinski definition) is 3. The van der Waals surface area contributed by atoms with E-state index >= 15 is 0 Å². The highest BCUT2D eigenvalue weighted by atomic mass is 16.3. The van der Waals surface area contributed by atoms with Crippen LogP contribution in [-0.2, 0) is 0 Å². The minimum absolute atomic E-state index is 0.675. The number of benzene rings is 4. The lowest BCUT2D eigenvalue weighted by atomic mass is 9.94. The maximum absolute atomic E-state index is 6.27. The second-order valence-electron chi connectivity index (χ2n) is 7.56. The van der Waals surface area contributed by atoms with E-state index < -0.39 is 0 Å². The first kappa shape index (κ1) is 17.0. The fourth-order valence-electron chi connectivity index (χ4n) is 4.10. The van der Waals surface area contributed by atoms with Crippen LogP contribution in [0.25, 0.3) is 55.5 Å². The SMILES string of the molecule is Bc1ccc2oc3c(-c4nc(-c5ccccc5)c5ccccc5n4)cccc3c2c1. The molecule has 0 saturated heterocycles. The third-order valence-corrected chi connectivity index (χ3v) is 5.54. The number of furan rings is 1. The summed E-state index contributed by atoms with van der Waals surface area (Å²) in [6.45, 7) is 0. The summed E-state index contributed by atoms with van der Waals surface area (Å²) in [6.07, 6.45) is 0. The van der Waals surface area contributed by atoms with E-state index in [4.69, 9.17) is 14.4 Å². The van der Waals surface area contributed by atoms with Crippen molar-refractivity contribution < 1.29 is 4.42 Å². The molecule has 0 amide bonds. The normalized spacial score (nSPS) is 11.5. The van der Waals surface area contributed by atoms with Gasteiger partial charge in [-0.3, -0.25) is 0 Å². The molecule has 6 aromatic rings. The van der Waals surface area contributed by atoms with Crippen LogP contribution >= 0.6 is 0 Å². The maximum Gasteiger partial charge on any atom is 0.164 e. The Morgan fingerprint density at radius 1 is 0.667 bits per heavy atom. The van der Waals surface area contributed by atoms with Crippen molar-refractivity contribution in [2.45, 2.75) is 0 Å². The lowest BCUT2D eigenvalue weighted by Gasteiger charge is -2.09. The first-order chi connectivity index (χ1) is 14.8. The number of para-hydroxylation sites is 2. The summed E-state index contributed by atoms with van der Waals surface area (Å²) in [5.74, 6) is 0.675. The van der Waals surface area contributed by atoms with Gasteiger partial charge in [-0.1, -0.05) is 78.3 Å². The predicted molar refractivity (Wildman–Crippen MR) is 126 cm³/mol. The van der Waals surface area contributed by atoms with Crippen LogP contribution in [0, 0.1) is 0 Å². The highest BCUT2D eigenvalue weighted by Crippen LogP contribution is 2.36. The zero-order chi connectivity index (χ0) is 20.1. The van der Waals surface area contributed by atoms with Gasteiger partial charge in [-0.15, -0.1) is 0 Å². The number of rotatable bonds is 2. The monoisotopic (exact) mass is 384 g/mol. The smallest absolute Gasteiger partial charge is 0.164 e. The van der Waals surface area contributed by atoms with E-state index in [9.17, 15) is 0 Å². The van der Waals surface area contributed by atoms with E-state index in [0.29, 0.717) is 5.82 Å². The zero-order valence-corrected chi connectivity index (χ0v) is 16.5. The molecule has 0 saturated carbocycles. The van der Waals surface area contributed by atoms with Crippen molar-refractivity contribution in [2.75, 3.05) is 0 Å². The Balaban J connectivity index is 1.68. The minimum Gasteiger partial charge on any atom is -0.455 e. The topological polar surface area (TPSA) is 38.9 Å². The lowest BCUT2D eigenvalue weighted by molar-refractivity contribution is 0.669. The van der Waals surface area contributed by atoms with E-state index in [1.165, 1.54) is 5.46 Å². The third kappa shape index (κ3) is 2.61. The van der Waals surface area contributed by atoms with Gasteiger partial charge in [-0.05, 0) is 18.2 Å².